The maximum Gasteiger partial charge on any atom is 0.201 e. The molecule has 0 fully saturated rings. The van der Waals surface area contributed by atoms with Gasteiger partial charge >= 0.3 is 0 Å². The SMILES string of the molecule is CC(C)=CCCC(C)CCC(C)[C]=O. The van der Waals surface area contributed by atoms with Gasteiger partial charge < -0.3 is 0 Å². The highest BCUT2D eigenvalue weighted by Gasteiger charge is 2.05. The Bertz CT molecular complexity index is 178. The van der Waals surface area contributed by atoms with E-state index in [9.17, 15) is 4.79 Å². The molecular weight excluding hydrogens is 172 g/mol. The van der Waals surface area contributed by atoms with Crippen LogP contribution >= 0.6 is 0 Å². The van der Waals surface area contributed by atoms with Crippen LogP contribution in [0, 0.1) is 11.8 Å². The molecule has 0 aromatic heterocycles. The molecular formula is C13H23O. The van der Waals surface area contributed by atoms with E-state index in [2.05, 4.69) is 26.8 Å². The van der Waals surface area contributed by atoms with Crippen molar-refractivity contribution in [3.63, 3.8) is 0 Å². The molecule has 1 nitrogen and oxygen atoms in total. The van der Waals surface area contributed by atoms with Gasteiger partial charge in [0.05, 0.1) is 0 Å². The third kappa shape index (κ3) is 8.03. The van der Waals surface area contributed by atoms with Gasteiger partial charge in [-0.05, 0) is 39.0 Å². The standard InChI is InChI=1S/C13H23O/c1-11(2)6-5-7-12(3)8-9-13(4)10-14/h6,12-13H,5,7-9H2,1-4H3. The third-order valence-corrected chi connectivity index (χ3v) is 2.51. The zero-order valence-electron chi connectivity index (χ0n) is 9.97. The van der Waals surface area contributed by atoms with Gasteiger partial charge in [0, 0.05) is 5.92 Å². The molecule has 2 atom stereocenters. The average Bonchev–Trinajstić information content (AvgIpc) is 2.13. The van der Waals surface area contributed by atoms with Crippen molar-refractivity contribution < 1.29 is 4.79 Å². The molecule has 0 saturated heterocycles. The molecule has 0 saturated carbocycles. The molecule has 0 aliphatic heterocycles. The molecule has 0 spiro atoms. The zero-order chi connectivity index (χ0) is 11.0. The predicted octanol–water partition coefficient (Wildman–Crippen LogP) is 3.89. The minimum atomic E-state index is 0.112. The summed E-state index contributed by atoms with van der Waals surface area (Å²) >= 11 is 0. The van der Waals surface area contributed by atoms with Crippen molar-refractivity contribution in [2.75, 3.05) is 0 Å². The zero-order valence-corrected chi connectivity index (χ0v) is 9.97. The minimum absolute atomic E-state index is 0.112. The Kier molecular flexibility index (Phi) is 7.45. The lowest BCUT2D eigenvalue weighted by Gasteiger charge is -2.10. The molecule has 81 valence electrons. The van der Waals surface area contributed by atoms with Crippen LogP contribution in [0.25, 0.3) is 0 Å². The van der Waals surface area contributed by atoms with E-state index >= 15 is 0 Å². The molecule has 1 radical (unpaired) electrons. The van der Waals surface area contributed by atoms with E-state index in [1.54, 1.807) is 0 Å². The van der Waals surface area contributed by atoms with Crippen LogP contribution in [0.2, 0.25) is 0 Å². The van der Waals surface area contributed by atoms with Crippen LogP contribution in [0.4, 0.5) is 0 Å². The summed E-state index contributed by atoms with van der Waals surface area (Å²) in [6.45, 7) is 8.47. The molecule has 0 bridgehead atoms. The van der Waals surface area contributed by atoms with Gasteiger partial charge in [0.1, 0.15) is 0 Å². The van der Waals surface area contributed by atoms with Gasteiger partial charge in [-0.25, -0.2) is 0 Å². The van der Waals surface area contributed by atoms with Crippen LogP contribution in [0.1, 0.15) is 53.4 Å². The summed E-state index contributed by atoms with van der Waals surface area (Å²) < 4.78 is 0. The van der Waals surface area contributed by atoms with Crippen molar-refractivity contribution in [3.05, 3.63) is 11.6 Å². The number of carbonyl (C=O) groups excluding carboxylic acids is 1. The number of allylic oxidation sites excluding steroid dienone is 2. The van der Waals surface area contributed by atoms with E-state index in [0.29, 0.717) is 0 Å². The normalized spacial score (nSPS) is 14.6. The maximum absolute atomic E-state index is 10.3. The van der Waals surface area contributed by atoms with E-state index in [0.717, 1.165) is 18.8 Å². The average molecular weight is 195 g/mol. The Morgan fingerprint density at radius 1 is 1.21 bits per heavy atom. The van der Waals surface area contributed by atoms with Crippen LogP contribution < -0.4 is 0 Å². The fourth-order valence-corrected chi connectivity index (χ4v) is 1.39. The summed E-state index contributed by atoms with van der Waals surface area (Å²) in [6, 6.07) is 0. The molecule has 1 heteroatoms. The van der Waals surface area contributed by atoms with Crippen molar-refractivity contribution in [3.8, 4) is 0 Å². The van der Waals surface area contributed by atoms with E-state index in [-0.39, 0.29) is 5.92 Å². The van der Waals surface area contributed by atoms with E-state index in [4.69, 9.17) is 0 Å². The summed E-state index contributed by atoms with van der Waals surface area (Å²) in [4.78, 5) is 10.3. The molecule has 0 aromatic rings. The van der Waals surface area contributed by atoms with E-state index in [1.165, 1.54) is 18.4 Å². The first-order chi connectivity index (χ1) is 6.56. The first kappa shape index (κ1) is 13.4. The number of rotatable bonds is 7. The summed E-state index contributed by atoms with van der Waals surface area (Å²) in [5.74, 6) is 0.835. The van der Waals surface area contributed by atoms with Crippen molar-refractivity contribution in [2.45, 2.75) is 53.4 Å². The molecule has 0 aromatic carbocycles. The Hall–Kier alpha value is -0.590. The Labute approximate surface area is 88.6 Å². The van der Waals surface area contributed by atoms with Gasteiger partial charge in [-0.1, -0.05) is 31.9 Å². The quantitative estimate of drug-likeness (QED) is 0.563. The summed E-state index contributed by atoms with van der Waals surface area (Å²) in [7, 11) is 0. The second-order valence-electron chi connectivity index (χ2n) is 4.56. The summed E-state index contributed by atoms with van der Waals surface area (Å²) in [5, 5.41) is 0. The molecule has 14 heavy (non-hydrogen) atoms. The van der Waals surface area contributed by atoms with Gasteiger partial charge in [-0.3, -0.25) is 4.79 Å². The molecule has 0 aliphatic rings. The van der Waals surface area contributed by atoms with Crippen molar-refractivity contribution >= 4 is 6.29 Å². The third-order valence-electron chi connectivity index (χ3n) is 2.51. The van der Waals surface area contributed by atoms with Gasteiger partial charge in [-0.15, -0.1) is 0 Å². The second-order valence-corrected chi connectivity index (χ2v) is 4.56. The lowest BCUT2D eigenvalue weighted by Crippen LogP contribution is -2.01. The Morgan fingerprint density at radius 2 is 1.86 bits per heavy atom. The fraction of sp³-hybridized carbons (Fsp3) is 0.769. The van der Waals surface area contributed by atoms with Crippen LogP contribution in [-0.2, 0) is 4.79 Å². The maximum atomic E-state index is 10.3. The minimum Gasteiger partial charge on any atom is -0.291 e. The monoisotopic (exact) mass is 195 g/mol. The summed E-state index contributed by atoms with van der Waals surface area (Å²) in [5.41, 5.74) is 1.40. The molecule has 0 aliphatic carbocycles. The van der Waals surface area contributed by atoms with Crippen LogP contribution in [0.15, 0.2) is 11.6 Å². The van der Waals surface area contributed by atoms with E-state index in [1.807, 2.05) is 13.2 Å². The predicted molar refractivity (Wildman–Crippen MR) is 61.9 cm³/mol. The van der Waals surface area contributed by atoms with Gasteiger partial charge in [0.2, 0.25) is 6.29 Å². The Morgan fingerprint density at radius 3 is 2.36 bits per heavy atom. The number of hydrogen-bond donors (Lipinski definition) is 0. The van der Waals surface area contributed by atoms with E-state index < -0.39 is 0 Å². The molecule has 0 amide bonds. The lowest BCUT2D eigenvalue weighted by atomic mass is 9.95. The molecule has 0 N–H and O–H groups in total. The van der Waals surface area contributed by atoms with Crippen molar-refractivity contribution in [2.24, 2.45) is 11.8 Å². The van der Waals surface area contributed by atoms with Gasteiger partial charge in [0.25, 0.3) is 0 Å². The highest BCUT2D eigenvalue weighted by atomic mass is 16.1. The van der Waals surface area contributed by atoms with Crippen molar-refractivity contribution in [1.82, 2.24) is 0 Å². The first-order valence-corrected chi connectivity index (χ1v) is 5.57. The Balaban J connectivity index is 3.50. The first-order valence-electron chi connectivity index (χ1n) is 5.57. The van der Waals surface area contributed by atoms with Crippen LogP contribution in [-0.4, -0.2) is 6.29 Å². The molecule has 2 unspecified atom stereocenters. The largest absolute Gasteiger partial charge is 0.291 e. The number of hydrogen-bond acceptors (Lipinski definition) is 1. The fourth-order valence-electron chi connectivity index (χ4n) is 1.39. The highest BCUT2D eigenvalue weighted by molar-refractivity contribution is 5.53. The lowest BCUT2D eigenvalue weighted by molar-refractivity contribution is 0.442. The second kappa shape index (κ2) is 7.78. The van der Waals surface area contributed by atoms with Crippen LogP contribution in [0.3, 0.4) is 0 Å². The molecule has 0 rings (SSSR count). The summed E-state index contributed by atoms with van der Waals surface area (Å²) in [6.07, 6.45) is 8.85. The van der Waals surface area contributed by atoms with Gasteiger partial charge in [-0.2, -0.15) is 0 Å². The molecule has 0 heterocycles. The van der Waals surface area contributed by atoms with Crippen molar-refractivity contribution in [1.29, 1.82) is 0 Å². The highest BCUT2D eigenvalue weighted by Crippen LogP contribution is 2.16. The topological polar surface area (TPSA) is 17.1 Å². The van der Waals surface area contributed by atoms with Gasteiger partial charge in [0.15, 0.2) is 0 Å². The smallest absolute Gasteiger partial charge is 0.201 e. The van der Waals surface area contributed by atoms with Crippen LogP contribution in [0.5, 0.6) is 0 Å².